The van der Waals surface area contributed by atoms with Crippen LogP contribution in [0.3, 0.4) is 0 Å². The van der Waals surface area contributed by atoms with Crippen molar-refractivity contribution in [1.29, 1.82) is 0 Å². The normalized spacial score (nSPS) is 11.7. The van der Waals surface area contributed by atoms with E-state index in [1.165, 1.54) is 44.5 Å². The highest BCUT2D eigenvalue weighted by Gasteiger charge is 2.30. The van der Waals surface area contributed by atoms with Gasteiger partial charge in [0.05, 0.1) is 22.7 Å². The Bertz CT molecular complexity index is 3360. The van der Waals surface area contributed by atoms with E-state index in [9.17, 15) is 0 Å². The number of nitrogens with zero attached hydrogens (tertiary/aromatic N) is 3. The van der Waals surface area contributed by atoms with Gasteiger partial charge in [-0.1, -0.05) is 200 Å². The van der Waals surface area contributed by atoms with E-state index in [2.05, 4.69) is 300 Å². The zero-order chi connectivity index (χ0) is 45.9. The number of para-hydroxylation sites is 5. The Kier molecular flexibility index (Phi) is 10.9. The minimum Gasteiger partial charge on any atom is -0.310 e. The van der Waals surface area contributed by atoms with Crippen molar-refractivity contribution in [2.75, 3.05) is 14.7 Å². The fraction of sp³-hybridized carbons (Fsp3) is 0. The van der Waals surface area contributed by atoms with E-state index in [1.54, 1.807) is 0 Å². The van der Waals surface area contributed by atoms with Gasteiger partial charge in [-0.15, -0.1) is 0 Å². The number of hydrogen-bond donors (Lipinski definition) is 0. The average molecular weight is 882 g/mol. The summed E-state index contributed by atoms with van der Waals surface area (Å²) in [6.07, 6.45) is 0. The second-order valence-electron chi connectivity index (χ2n) is 17.3. The van der Waals surface area contributed by atoms with E-state index < -0.39 is 0 Å². The molecule has 0 fully saturated rings. The lowest BCUT2D eigenvalue weighted by molar-refractivity contribution is 1.17. The zero-order valence-corrected chi connectivity index (χ0v) is 38.0. The molecule has 12 rings (SSSR count). The van der Waals surface area contributed by atoms with Gasteiger partial charge in [0.25, 0.3) is 0 Å². The Labute approximate surface area is 404 Å². The van der Waals surface area contributed by atoms with Crippen LogP contribution in [0.1, 0.15) is 0 Å². The van der Waals surface area contributed by atoms with Crippen LogP contribution in [0, 0.1) is 0 Å². The number of benzene rings is 11. The molecular formula is C66H47N3. The molecule has 0 bridgehead atoms. The first kappa shape index (κ1) is 41.3. The molecule has 326 valence electrons. The van der Waals surface area contributed by atoms with Crippen molar-refractivity contribution >= 4 is 51.2 Å². The summed E-state index contributed by atoms with van der Waals surface area (Å²) >= 11 is 0. The first-order valence-corrected chi connectivity index (χ1v) is 23.6. The lowest BCUT2D eigenvalue weighted by Crippen LogP contribution is -2.23. The Morgan fingerprint density at radius 3 is 0.971 bits per heavy atom. The maximum absolute atomic E-state index is 2.41. The Hall–Kier alpha value is -9.18. The minimum absolute atomic E-state index is 1.06. The second kappa shape index (κ2) is 18.2. The van der Waals surface area contributed by atoms with Crippen LogP contribution in [0.2, 0.25) is 0 Å². The fourth-order valence-electron chi connectivity index (χ4n) is 9.95. The first-order valence-electron chi connectivity index (χ1n) is 23.6. The maximum atomic E-state index is 2.41. The predicted molar refractivity (Wildman–Crippen MR) is 291 cm³/mol. The first-order chi connectivity index (χ1) is 34.2. The Balaban J connectivity index is 0.980. The molecule has 1 aliphatic rings. The lowest BCUT2D eigenvalue weighted by Gasteiger charge is -2.40. The van der Waals surface area contributed by atoms with Crippen LogP contribution < -0.4 is 14.7 Å². The molecule has 0 unspecified atom stereocenters. The minimum atomic E-state index is 1.06. The van der Waals surface area contributed by atoms with Crippen LogP contribution in [0.25, 0.3) is 55.6 Å². The molecule has 3 heteroatoms. The molecule has 0 amide bonds. The highest BCUT2D eigenvalue weighted by Crippen LogP contribution is 2.54. The van der Waals surface area contributed by atoms with Crippen LogP contribution in [-0.4, -0.2) is 0 Å². The van der Waals surface area contributed by atoms with Crippen LogP contribution in [0.5, 0.6) is 0 Å². The van der Waals surface area contributed by atoms with E-state index in [0.717, 1.165) is 62.3 Å². The largest absolute Gasteiger partial charge is 0.310 e. The topological polar surface area (TPSA) is 9.72 Å². The molecular weight excluding hydrogens is 835 g/mol. The van der Waals surface area contributed by atoms with Crippen LogP contribution in [0.4, 0.5) is 51.2 Å². The van der Waals surface area contributed by atoms with E-state index in [-0.39, 0.29) is 0 Å². The van der Waals surface area contributed by atoms with Gasteiger partial charge in [-0.25, -0.2) is 0 Å². The van der Waals surface area contributed by atoms with Gasteiger partial charge in [0.2, 0.25) is 0 Å². The fourth-order valence-corrected chi connectivity index (χ4v) is 9.95. The van der Waals surface area contributed by atoms with Gasteiger partial charge in [-0.05, 0) is 141 Å². The number of hydrogen-bond acceptors (Lipinski definition) is 3. The van der Waals surface area contributed by atoms with Gasteiger partial charge in [0, 0.05) is 28.4 Å². The van der Waals surface area contributed by atoms with Crippen molar-refractivity contribution in [3.63, 3.8) is 0 Å². The maximum Gasteiger partial charge on any atom is 0.0703 e. The van der Waals surface area contributed by atoms with E-state index >= 15 is 0 Å². The molecule has 0 saturated carbocycles. The smallest absolute Gasteiger partial charge is 0.0703 e. The van der Waals surface area contributed by atoms with Crippen molar-refractivity contribution in [2.24, 2.45) is 0 Å². The summed E-state index contributed by atoms with van der Waals surface area (Å²) in [5.41, 5.74) is 21.7. The van der Waals surface area contributed by atoms with Crippen LogP contribution >= 0.6 is 0 Å². The van der Waals surface area contributed by atoms with Crippen molar-refractivity contribution in [2.45, 2.75) is 0 Å². The number of anilines is 9. The number of fused-ring (bicyclic) bond motifs is 2. The molecule has 0 saturated heterocycles. The van der Waals surface area contributed by atoms with Crippen LogP contribution in [0.15, 0.2) is 285 Å². The van der Waals surface area contributed by atoms with Gasteiger partial charge in [0.15, 0.2) is 0 Å². The summed E-state index contributed by atoms with van der Waals surface area (Å²) in [5.74, 6) is 0. The third kappa shape index (κ3) is 7.92. The van der Waals surface area contributed by atoms with Crippen molar-refractivity contribution < 1.29 is 0 Å². The van der Waals surface area contributed by atoms with E-state index in [4.69, 9.17) is 0 Å². The summed E-state index contributed by atoms with van der Waals surface area (Å²) in [6, 6.07) is 103. The molecule has 0 aromatic heterocycles. The van der Waals surface area contributed by atoms with E-state index in [1.807, 2.05) is 0 Å². The molecule has 0 aliphatic carbocycles. The second-order valence-corrected chi connectivity index (χ2v) is 17.3. The molecule has 0 spiro atoms. The summed E-state index contributed by atoms with van der Waals surface area (Å²) in [7, 11) is 0. The van der Waals surface area contributed by atoms with Crippen molar-refractivity contribution in [3.8, 4) is 55.6 Å². The summed E-state index contributed by atoms with van der Waals surface area (Å²) < 4.78 is 0. The molecule has 0 radical (unpaired) electrons. The highest BCUT2D eigenvalue weighted by atomic mass is 15.3. The summed E-state index contributed by atoms with van der Waals surface area (Å²) in [5, 5.41) is 0. The average Bonchev–Trinajstić information content (AvgIpc) is 3.44. The molecule has 11 aromatic rings. The zero-order valence-electron chi connectivity index (χ0n) is 38.0. The van der Waals surface area contributed by atoms with Crippen molar-refractivity contribution in [1.82, 2.24) is 0 Å². The standard InChI is InChI=1S/C66H47N3/c1-6-21-49(22-7-1)59-43-41-57(46-61(59)51-25-10-3-11-26-51)67(58-42-44-60(50-23-8-2-9-24-50)62(47-58)52-27-12-4-13-28-52)55-39-37-48(38-40-55)53-29-20-32-56(45-53)69-65-35-18-16-33-63(65)68(54-30-14-5-15-31-54)64-34-17-19-36-66(64)69/h1-47H. The summed E-state index contributed by atoms with van der Waals surface area (Å²) in [6.45, 7) is 0. The molecule has 0 atom stereocenters. The Morgan fingerprint density at radius 1 is 0.203 bits per heavy atom. The Morgan fingerprint density at radius 2 is 0.536 bits per heavy atom. The molecule has 3 nitrogen and oxygen atoms in total. The quantitative estimate of drug-likeness (QED) is 0.135. The molecule has 69 heavy (non-hydrogen) atoms. The predicted octanol–water partition coefficient (Wildman–Crippen LogP) is 18.7. The van der Waals surface area contributed by atoms with Gasteiger partial charge in [0.1, 0.15) is 0 Å². The molecule has 1 aliphatic heterocycles. The number of rotatable bonds is 10. The molecule has 1 heterocycles. The lowest BCUT2D eigenvalue weighted by atomic mass is 9.92. The van der Waals surface area contributed by atoms with E-state index in [0.29, 0.717) is 0 Å². The van der Waals surface area contributed by atoms with Gasteiger partial charge >= 0.3 is 0 Å². The van der Waals surface area contributed by atoms with Crippen LogP contribution in [-0.2, 0) is 0 Å². The SMILES string of the molecule is c1ccc(-c2ccc(N(c3ccc(-c4cccc(N5c6ccccc6N(c6ccccc6)c6ccccc65)c4)cc3)c3ccc(-c4ccccc4)c(-c4ccccc4)c3)cc2-c2ccccc2)cc1. The molecule has 0 N–H and O–H groups in total. The molecule has 11 aromatic carbocycles. The monoisotopic (exact) mass is 881 g/mol. The van der Waals surface area contributed by atoms with Gasteiger partial charge in [-0.2, -0.15) is 0 Å². The third-order valence-electron chi connectivity index (χ3n) is 13.2. The van der Waals surface area contributed by atoms with Crippen molar-refractivity contribution in [3.05, 3.63) is 285 Å². The summed E-state index contributed by atoms with van der Waals surface area (Å²) in [4.78, 5) is 7.17. The van der Waals surface area contributed by atoms with Gasteiger partial charge in [-0.3, -0.25) is 0 Å². The van der Waals surface area contributed by atoms with Gasteiger partial charge < -0.3 is 14.7 Å². The third-order valence-corrected chi connectivity index (χ3v) is 13.2. The highest BCUT2D eigenvalue weighted by molar-refractivity contribution is 6.02.